The molecule has 3 aliphatic heterocycles. The fraction of sp³-hybridized carbons (Fsp3) is 0.318. The predicted molar refractivity (Wildman–Crippen MR) is 109 cm³/mol. The number of nitrogens with zero attached hydrogens (tertiary/aromatic N) is 2. The number of anilines is 1. The van der Waals surface area contributed by atoms with Crippen molar-refractivity contribution in [3.05, 3.63) is 51.3 Å². The third-order valence-corrected chi connectivity index (χ3v) is 6.31. The molecule has 0 amide bonds. The van der Waals surface area contributed by atoms with Crippen LogP contribution in [0.1, 0.15) is 30.0 Å². The van der Waals surface area contributed by atoms with Gasteiger partial charge in [0.25, 0.3) is 5.56 Å². The fourth-order valence-electron chi connectivity index (χ4n) is 4.67. The Morgan fingerprint density at radius 2 is 2.13 bits per heavy atom. The lowest BCUT2D eigenvalue weighted by Gasteiger charge is -2.31. The van der Waals surface area contributed by atoms with Crippen LogP contribution in [0.2, 0.25) is 0 Å². The Morgan fingerprint density at radius 1 is 1.27 bits per heavy atom. The van der Waals surface area contributed by atoms with E-state index in [0.29, 0.717) is 35.7 Å². The van der Waals surface area contributed by atoms with Crippen molar-refractivity contribution in [1.29, 1.82) is 0 Å². The van der Waals surface area contributed by atoms with Gasteiger partial charge in [-0.25, -0.2) is 9.78 Å². The standard InChI is InChI=1S/C22H19N3O5/c1-2-22(28)14-8-16-18-11(9-25(16)20(26)13(14)10-30-21(22)27)7-12-15(24-18)3-4-17-19(12)23-5-6-29-17/h3-4,7-8,23,28H,2,5-6,9-10H2,1H3/t22-/m0/s1. The van der Waals surface area contributed by atoms with Gasteiger partial charge in [0.2, 0.25) is 0 Å². The van der Waals surface area contributed by atoms with Gasteiger partial charge in [-0.15, -0.1) is 0 Å². The van der Waals surface area contributed by atoms with E-state index in [2.05, 4.69) is 5.32 Å². The highest BCUT2D eigenvalue weighted by atomic mass is 16.6. The molecule has 1 atom stereocenters. The number of hydrogen-bond acceptors (Lipinski definition) is 7. The minimum absolute atomic E-state index is 0.123. The Morgan fingerprint density at radius 3 is 2.97 bits per heavy atom. The van der Waals surface area contributed by atoms with E-state index in [1.807, 2.05) is 18.2 Å². The van der Waals surface area contributed by atoms with Crippen LogP contribution in [-0.2, 0) is 28.3 Å². The number of carbonyl (C=O) groups is 1. The van der Waals surface area contributed by atoms with E-state index in [-0.39, 0.29) is 18.6 Å². The average Bonchev–Trinajstić information content (AvgIpc) is 3.13. The highest BCUT2D eigenvalue weighted by molar-refractivity contribution is 5.97. The normalized spacial score (nSPS) is 21.1. The molecule has 8 nitrogen and oxygen atoms in total. The van der Waals surface area contributed by atoms with Gasteiger partial charge in [-0.05, 0) is 30.7 Å². The first-order valence-corrected chi connectivity index (χ1v) is 10.0. The number of rotatable bonds is 1. The SMILES string of the molecule is CC[C@@]1(O)C(=O)OCc2c1cc1n(c2=O)Cc2cc3c4c(ccc3nc2-1)OCCN4. The Labute approximate surface area is 171 Å². The zero-order chi connectivity index (χ0) is 20.6. The molecule has 1 aromatic carbocycles. The maximum Gasteiger partial charge on any atom is 0.343 e. The lowest BCUT2D eigenvalue weighted by molar-refractivity contribution is -0.172. The summed E-state index contributed by atoms with van der Waals surface area (Å²) in [6.45, 7) is 3.28. The Bertz CT molecular complexity index is 1330. The maximum atomic E-state index is 13.2. The minimum Gasteiger partial charge on any atom is -0.490 e. The van der Waals surface area contributed by atoms with Gasteiger partial charge in [-0.2, -0.15) is 0 Å². The highest BCUT2D eigenvalue weighted by Gasteiger charge is 2.45. The molecule has 5 heterocycles. The number of aliphatic hydroxyl groups is 1. The summed E-state index contributed by atoms with van der Waals surface area (Å²) in [6.07, 6.45) is 0.123. The molecule has 0 aliphatic carbocycles. The molecule has 8 heteroatoms. The number of hydrogen-bond donors (Lipinski definition) is 2. The van der Waals surface area contributed by atoms with E-state index in [4.69, 9.17) is 14.5 Å². The summed E-state index contributed by atoms with van der Waals surface area (Å²) in [5.74, 6) is 0.0755. The van der Waals surface area contributed by atoms with Gasteiger partial charge in [-0.3, -0.25) is 4.79 Å². The molecular formula is C22H19N3O5. The van der Waals surface area contributed by atoms with E-state index in [1.165, 1.54) is 0 Å². The molecule has 152 valence electrons. The van der Waals surface area contributed by atoms with Gasteiger partial charge >= 0.3 is 5.97 Å². The zero-order valence-electron chi connectivity index (χ0n) is 16.3. The molecule has 3 aromatic rings. The zero-order valence-corrected chi connectivity index (χ0v) is 16.3. The highest BCUT2D eigenvalue weighted by Crippen LogP contribution is 2.41. The Balaban J connectivity index is 1.60. The maximum absolute atomic E-state index is 13.2. The molecule has 2 aromatic heterocycles. The third-order valence-electron chi connectivity index (χ3n) is 6.31. The van der Waals surface area contributed by atoms with Crippen molar-refractivity contribution >= 4 is 22.6 Å². The summed E-state index contributed by atoms with van der Waals surface area (Å²) < 4.78 is 12.5. The molecule has 0 radical (unpaired) electrons. The van der Waals surface area contributed by atoms with Crippen LogP contribution < -0.4 is 15.6 Å². The van der Waals surface area contributed by atoms with Crippen molar-refractivity contribution in [2.45, 2.75) is 32.1 Å². The average molecular weight is 405 g/mol. The second kappa shape index (κ2) is 5.82. The number of pyridine rings is 2. The smallest absolute Gasteiger partial charge is 0.343 e. The van der Waals surface area contributed by atoms with Crippen molar-refractivity contribution in [2.75, 3.05) is 18.5 Å². The number of esters is 1. The monoisotopic (exact) mass is 405 g/mol. The van der Waals surface area contributed by atoms with Crippen LogP contribution >= 0.6 is 0 Å². The first-order valence-electron chi connectivity index (χ1n) is 10.0. The number of cyclic esters (lactones) is 1. The molecule has 6 rings (SSSR count). The molecule has 2 N–H and O–H groups in total. The van der Waals surface area contributed by atoms with E-state index in [0.717, 1.165) is 34.4 Å². The lowest BCUT2D eigenvalue weighted by atomic mass is 9.86. The second-order valence-corrected chi connectivity index (χ2v) is 7.88. The first-order chi connectivity index (χ1) is 14.5. The van der Waals surface area contributed by atoms with Crippen LogP contribution in [0, 0.1) is 0 Å². The van der Waals surface area contributed by atoms with Gasteiger partial charge in [0.1, 0.15) is 19.0 Å². The van der Waals surface area contributed by atoms with Crippen molar-refractivity contribution in [2.24, 2.45) is 0 Å². The van der Waals surface area contributed by atoms with E-state index in [9.17, 15) is 14.7 Å². The van der Waals surface area contributed by atoms with Crippen LogP contribution in [0.25, 0.3) is 22.3 Å². The number of aromatic nitrogens is 2. The number of nitrogens with one attached hydrogen (secondary N) is 1. The van der Waals surface area contributed by atoms with Crippen LogP contribution in [0.5, 0.6) is 5.75 Å². The predicted octanol–water partition coefficient (Wildman–Crippen LogP) is 1.88. The van der Waals surface area contributed by atoms with Gasteiger partial charge in [0, 0.05) is 23.1 Å². The molecule has 0 bridgehead atoms. The largest absolute Gasteiger partial charge is 0.490 e. The Kier molecular flexibility index (Phi) is 3.39. The molecule has 0 unspecified atom stereocenters. The number of ether oxygens (including phenoxy) is 2. The molecule has 0 spiro atoms. The van der Waals surface area contributed by atoms with Crippen molar-refractivity contribution in [3.8, 4) is 17.1 Å². The quantitative estimate of drug-likeness (QED) is 0.466. The Hall–Kier alpha value is -3.39. The van der Waals surface area contributed by atoms with Crippen molar-refractivity contribution < 1.29 is 19.4 Å². The van der Waals surface area contributed by atoms with Crippen LogP contribution in [0.3, 0.4) is 0 Å². The number of benzene rings is 1. The summed E-state index contributed by atoms with van der Waals surface area (Å²) in [5.41, 5.74) is 2.49. The van der Waals surface area contributed by atoms with Crippen LogP contribution in [0.15, 0.2) is 29.1 Å². The first kappa shape index (κ1) is 17.5. The molecule has 30 heavy (non-hydrogen) atoms. The lowest BCUT2D eigenvalue weighted by Crippen LogP contribution is -2.44. The summed E-state index contributed by atoms with van der Waals surface area (Å²) in [4.78, 5) is 30.3. The fourth-order valence-corrected chi connectivity index (χ4v) is 4.67. The van der Waals surface area contributed by atoms with E-state index < -0.39 is 11.6 Å². The minimum atomic E-state index is -1.82. The molecule has 0 fully saturated rings. The number of fused-ring (bicyclic) bond motifs is 7. The molecule has 0 saturated heterocycles. The molecule has 0 saturated carbocycles. The van der Waals surface area contributed by atoms with Gasteiger partial charge in [-0.1, -0.05) is 6.92 Å². The van der Waals surface area contributed by atoms with Gasteiger partial charge in [0.15, 0.2) is 5.60 Å². The summed E-state index contributed by atoms with van der Waals surface area (Å²) >= 11 is 0. The molecule has 3 aliphatic rings. The number of carbonyl (C=O) groups excluding carboxylic acids is 1. The van der Waals surface area contributed by atoms with Crippen molar-refractivity contribution in [1.82, 2.24) is 9.55 Å². The summed E-state index contributed by atoms with van der Waals surface area (Å²) in [7, 11) is 0. The van der Waals surface area contributed by atoms with Gasteiger partial charge in [0.05, 0.1) is 34.7 Å². The van der Waals surface area contributed by atoms with E-state index in [1.54, 1.807) is 17.6 Å². The topological polar surface area (TPSA) is 103 Å². The molecular weight excluding hydrogens is 386 g/mol. The van der Waals surface area contributed by atoms with Crippen LogP contribution in [0.4, 0.5) is 5.69 Å². The van der Waals surface area contributed by atoms with Gasteiger partial charge < -0.3 is 24.5 Å². The summed E-state index contributed by atoms with van der Waals surface area (Å²) in [5, 5.41) is 15.3. The van der Waals surface area contributed by atoms with Crippen molar-refractivity contribution in [3.63, 3.8) is 0 Å². The van der Waals surface area contributed by atoms with E-state index >= 15 is 0 Å². The second-order valence-electron chi connectivity index (χ2n) is 7.88. The van der Waals surface area contributed by atoms with Crippen LogP contribution in [-0.4, -0.2) is 33.8 Å². The third kappa shape index (κ3) is 2.11. The summed E-state index contributed by atoms with van der Waals surface area (Å²) in [6, 6.07) is 7.56.